The van der Waals surface area contributed by atoms with Gasteiger partial charge in [0.25, 0.3) is 0 Å². The van der Waals surface area contributed by atoms with Crippen LogP contribution in [0, 0.1) is 11.8 Å². The SMILES string of the molecule is C=C(C)C(=O)OC1CCCC1C(C)C. The predicted octanol–water partition coefficient (Wildman–Crippen LogP) is 2.93. The molecule has 0 radical (unpaired) electrons. The van der Waals surface area contributed by atoms with Gasteiger partial charge >= 0.3 is 5.97 Å². The fraction of sp³-hybridized carbons (Fsp3) is 0.750. The van der Waals surface area contributed by atoms with Gasteiger partial charge in [-0.15, -0.1) is 0 Å². The number of esters is 1. The zero-order valence-corrected chi connectivity index (χ0v) is 9.38. The molecule has 2 unspecified atom stereocenters. The molecule has 2 heteroatoms. The first-order chi connectivity index (χ1) is 6.52. The van der Waals surface area contributed by atoms with E-state index in [9.17, 15) is 4.79 Å². The molecule has 0 bridgehead atoms. The summed E-state index contributed by atoms with van der Waals surface area (Å²) in [6.45, 7) is 9.67. The van der Waals surface area contributed by atoms with Crippen LogP contribution < -0.4 is 0 Å². The van der Waals surface area contributed by atoms with Crippen molar-refractivity contribution in [3.63, 3.8) is 0 Å². The Morgan fingerprint density at radius 1 is 1.43 bits per heavy atom. The number of carbonyl (C=O) groups is 1. The van der Waals surface area contributed by atoms with Crippen molar-refractivity contribution in [2.45, 2.75) is 46.1 Å². The van der Waals surface area contributed by atoms with Gasteiger partial charge in [0.1, 0.15) is 6.10 Å². The summed E-state index contributed by atoms with van der Waals surface area (Å²) in [5.74, 6) is 0.904. The lowest BCUT2D eigenvalue weighted by Crippen LogP contribution is -2.25. The van der Waals surface area contributed by atoms with Crippen molar-refractivity contribution in [3.8, 4) is 0 Å². The molecule has 0 aliphatic heterocycles. The van der Waals surface area contributed by atoms with E-state index < -0.39 is 0 Å². The van der Waals surface area contributed by atoms with E-state index in [0.29, 0.717) is 17.4 Å². The van der Waals surface area contributed by atoms with Gasteiger partial charge in [-0.3, -0.25) is 0 Å². The van der Waals surface area contributed by atoms with Gasteiger partial charge in [-0.2, -0.15) is 0 Å². The van der Waals surface area contributed by atoms with Crippen molar-refractivity contribution >= 4 is 5.97 Å². The number of ether oxygens (including phenoxy) is 1. The number of rotatable bonds is 3. The highest BCUT2D eigenvalue weighted by molar-refractivity contribution is 5.87. The molecule has 2 nitrogen and oxygen atoms in total. The molecule has 1 rings (SSSR count). The lowest BCUT2D eigenvalue weighted by Gasteiger charge is -2.23. The summed E-state index contributed by atoms with van der Waals surface area (Å²) in [7, 11) is 0. The van der Waals surface area contributed by atoms with Gasteiger partial charge in [0.05, 0.1) is 0 Å². The van der Waals surface area contributed by atoms with Gasteiger partial charge in [-0.05, 0) is 38.0 Å². The molecule has 2 atom stereocenters. The molecule has 0 spiro atoms. The molecule has 0 heterocycles. The molecule has 80 valence electrons. The summed E-state index contributed by atoms with van der Waals surface area (Å²) in [6, 6.07) is 0. The second-order valence-electron chi connectivity index (χ2n) is 4.56. The predicted molar refractivity (Wildman–Crippen MR) is 56.9 cm³/mol. The van der Waals surface area contributed by atoms with Crippen molar-refractivity contribution in [1.29, 1.82) is 0 Å². The average Bonchev–Trinajstić information content (AvgIpc) is 2.52. The van der Waals surface area contributed by atoms with Crippen molar-refractivity contribution < 1.29 is 9.53 Å². The van der Waals surface area contributed by atoms with Crippen molar-refractivity contribution in [2.75, 3.05) is 0 Å². The van der Waals surface area contributed by atoms with E-state index in [1.807, 2.05) is 0 Å². The number of hydrogen-bond acceptors (Lipinski definition) is 2. The van der Waals surface area contributed by atoms with E-state index in [4.69, 9.17) is 4.74 Å². The quantitative estimate of drug-likeness (QED) is 0.512. The first-order valence-electron chi connectivity index (χ1n) is 5.39. The monoisotopic (exact) mass is 196 g/mol. The topological polar surface area (TPSA) is 26.3 Å². The largest absolute Gasteiger partial charge is 0.459 e. The number of carbonyl (C=O) groups excluding carboxylic acids is 1. The molecule has 0 aromatic carbocycles. The van der Waals surface area contributed by atoms with Crippen molar-refractivity contribution in [2.24, 2.45) is 11.8 Å². The second kappa shape index (κ2) is 4.63. The maximum absolute atomic E-state index is 11.3. The van der Waals surface area contributed by atoms with Gasteiger partial charge in [-0.25, -0.2) is 4.79 Å². The molecule has 14 heavy (non-hydrogen) atoms. The maximum Gasteiger partial charge on any atom is 0.333 e. The van der Waals surface area contributed by atoms with Gasteiger partial charge < -0.3 is 4.74 Å². The molecule has 0 aromatic heterocycles. The summed E-state index contributed by atoms with van der Waals surface area (Å²) >= 11 is 0. The van der Waals surface area contributed by atoms with E-state index in [0.717, 1.165) is 6.42 Å². The Balaban J connectivity index is 2.51. The summed E-state index contributed by atoms with van der Waals surface area (Å²) in [4.78, 5) is 11.3. The molecular weight excluding hydrogens is 176 g/mol. The zero-order chi connectivity index (χ0) is 10.7. The summed E-state index contributed by atoms with van der Waals surface area (Å²) in [5, 5.41) is 0. The Bertz CT molecular complexity index is 230. The lowest BCUT2D eigenvalue weighted by molar-refractivity contribution is -0.146. The highest BCUT2D eigenvalue weighted by Gasteiger charge is 2.32. The van der Waals surface area contributed by atoms with E-state index in [1.54, 1.807) is 6.92 Å². The zero-order valence-electron chi connectivity index (χ0n) is 9.38. The molecule has 0 amide bonds. The third kappa shape index (κ3) is 2.60. The molecule has 1 fully saturated rings. The van der Waals surface area contributed by atoms with Crippen LogP contribution >= 0.6 is 0 Å². The smallest absolute Gasteiger partial charge is 0.333 e. The van der Waals surface area contributed by atoms with Crippen LogP contribution in [-0.4, -0.2) is 12.1 Å². The highest BCUT2D eigenvalue weighted by atomic mass is 16.5. The molecule has 1 aliphatic carbocycles. The Hall–Kier alpha value is -0.790. The first kappa shape index (κ1) is 11.3. The average molecular weight is 196 g/mol. The third-order valence-corrected chi connectivity index (χ3v) is 2.97. The Kier molecular flexibility index (Phi) is 3.73. The summed E-state index contributed by atoms with van der Waals surface area (Å²) in [6.07, 6.45) is 3.50. The number of hydrogen-bond donors (Lipinski definition) is 0. The van der Waals surface area contributed by atoms with Crippen LogP contribution in [0.25, 0.3) is 0 Å². The van der Waals surface area contributed by atoms with E-state index in [1.165, 1.54) is 12.8 Å². The first-order valence-corrected chi connectivity index (χ1v) is 5.39. The molecule has 1 saturated carbocycles. The second-order valence-corrected chi connectivity index (χ2v) is 4.56. The van der Waals surface area contributed by atoms with Crippen LogP contribution in [-0.2, 0) is 9.53 Å². The molecule has 1 aliphatic rings. The molecule has 0 saturated heterocycles. The fourth-order valence-electron chi connectivity index (χ4n) is 2.10. The third-order valence-electron chi connectivity index (χ3n) is 2.97. The van der Waals surface area contributed by atoms with E-state index >= 15 is 0 Å². The highest BCUT2D eigenvalue weighted by Crippen LogP contribution is 2.33. The normalized spacial score (nSPS) is 26.6. The Morgan fingerprint density at radius 2 is 2.07 bits per heavy atom. The van der Waals surface area contributed by atoms with E-state index in [2.05, 4.69) is 20.4 Å². The van der Waals surface area contributed by atoms with Gasteiger partial charge in [0, 0.05) is 5.57 Å². The van der Waals surface area contributed by atoms with E-state index in [-0.39, 0.29) is 12.1 Å². The van der Waals surface area contributed by atoms with Crippen LogP contribution in [0.1, 0.15) is 40.0 Å². The van der Waals surface area contributed by atoms with Crippen LogP contribution in [0.15, 0.2) is 12.2 Å². The minimum Gasteiger partial charge on any atom is -0.459 e. The maximum atomic E-state index is 11.3. The molecule has 0 N–H and O–H groups in total. The van der Waals surface area contributed by atoms with Crippen LogP contribution in [0.3, 0.4) is 0 Å². The Morgan fingerprint density at radius 3 is 2.57 bits per heavy atom. The standard InChI is InChI=1S/C12H20O2/c1-8(2)10-6-5-7-11(10)14-12(13)9(3)4/h8,10-11H,3,5-7H2,1-2,4H3. The molecular formula is C12H20O2. The summed E-state index contributed by atoms with van der Waals surface area (Å²) < 4.78 is 5.41. The van der Waals surface area contributed by atoms with Crippen LogP contribution in [0.2, 0.25) is 0 Å². The minimum atomic E-state index is -0.234. The Labute approximate surface area is 86.3 Å². The van der Waals surface area contributed by atoms with Crippen LogP contribution in [0.4, 0.5) is 0 Å². The summed E-state index contributed by atoms with van der Waals surface area (Å²) in [5.41, 5.74) is 0.499. The van der Waals surface area contributed by atoms with Gasteiger partial charge in [-0.1, -0.05) is 20.4 Å². The van der Waals surface area contributed by atoms with Crippen molar-refractivity contribution in [3.05, 3.63) is 12.2 Å². The molecule has 0 aromatic rings. The fourth-order valence-corrected chi connectivity index (χ4v) is 2.10. The lowest BCUT2D eigenvalue weighted by atomic mass is 9.92. The van der Waals surface area contributed by atoms with Crippen molar-refractivity contribution in [1.82, 2.24) is 0 Å². The van der Waals surface area contributed by atoms with Gasteiger partial charge in [0.2, 0.25) is 0 Å². The minimum absolute atomic E-state index is 0.124. The van der Waals surface area contributed by atoms with Crippen LogP contribution in [0.5, 0.6) is 0 Å². The van der Waals surface area contributed by atoms with Gasteiger partial charge in [0.15, 0.2) is 0 Å².